The fourth-order valence-electron chi connectivity index (χ4n) is 2.61. The Balaban J connectivity index is 2.11. The van der Waals surface area contributed by atoms with Gasteiger partial charge in [0.05, 0.1) is 12.7 Å². The number of rotatable bonds is 4. The molecule has 19 heavy (non-hydrogen) atoms. The van der Waals surface area contributed by atoms with Crippen LogP contribution in [-0.4, -0.2) is 23.9 Å². The van der Waals surface area contributed by atoms with Crippen LogP contribution in [-0.2, 0) is 0 Å². The molecule has 1 saturated carbocycles. The summed E-state index contributed by atoms with van der Waals surface area (Å²) in [7, 11) is 0. The first kappa shape index (κ1) is 14.2. The number of hydrogen-bond acceptors (Lipinski definition) is 3. The highest BCUT2D eigenvalue weighted by Gasteiger charge is 2.35. The van der Waals surface area contributed by atoms with E-state index in [2.05, 4.69) is 13.8 Å². The summed E-state index contributed by atoms with van der Waals surface area (Å²) in [6.45, 7) is 7.02. The van der Waals surface area contributed by atoms with E-state index < -0.39 is 0 Å². The minimum Gasteiger partial charge on any atom is -0.490 e. The zero-order valence-electron chi connectivity index (χ0n) is 12.1. The first-order valence-corrected chi connectivity index (χ1v) is 7.08. The van der Waals surface area contributed by atoms with Crippen LogP contribution in [0.5, 0.6) is 11.5 Å². The monoisotopic (exact) mass is 264 g/mol. The summed E-state index contributed by atoms with van der Waals surface area (Å²) >= 11 is 0. The van der Waals surface area contributed by atoms with Crippen molar-refractivity contribution in [2.24, 2.45) is 5.41 Å². The average molecular weight is 264 g/mol. The summed E-state index contributed by atoms with van der Waals surface area (Å²) in [5.74, 6) is 1.48. The van der Waals surface area contributed by atoms with E-state index in [4.69, 9.17) is 9.47 Å². The third-order valence-electron chi connectivity index (χ3n) is 3.73. The average Bonchev–Trinajstić information content (AvgIpc) is 2.36. The Kier molecular flexibility index (Phi) is 4.35. The molecule has 3 nitrogen and oxygen atoms in total. The maximum atomic E-state index is 10.1. The van der Waals surface area contributed by atoms with Gasteiger partial charge in [-0.05, 0) is 43.7 Å². The van der Waals surface area contributed by atoms with Crippen molar-refractivity contribution in [2.45, 2.75) is 52.2 Å². The summed E-state index contributed by atoms with van der Waals surface area (Å²) in [5.41, 5.74) is 0.227. The van der Waals surface area contributed by atoms with Crippen LogP contribution in [0.3, 0.4) is 0 Å². The van der Waals surface area contributed by atoms with E-state index in [0.29, 0.717) is 6.61 Å². The van der Waals surface area contributed by atoms with E-state index in [1.165, 1.54) is 0 Å². The molecule has 1 aromatic rings. The molecule has 1 fully saturated rings. The topological polar surface area (TPSA) is 38.7 Å². The second-order valence-electron chi connectivity index (χ2n) is 6.01. The van der Waals surface area contributed by atoms with E-state index in [0.717, 1.165) is 30.8 Å². The minimum absolute atomic E-state index is 0.148. The molecule has 1 aliphatic carbocycles. The zero-order valence-corrected chi connectivity index (χ0v) is 12.1. The van der Waals surface area contributed by atoms with E-state index in [1.807, 2.05) is 31.2 Å². The van der Waals surface area contributed by atoms with Crippen molar-refractivity contribution >= 4 is 0 Å². The molecule has 0 aliphatic heterocycles. The summed E-state index contributed by atoms with van der Waals surface area (Å²) < 4.78 is 11.6. The van der Waals surface area contributed by atoms with Gasteiger partial charge in [-0.3, -0.25) is 0 Å². The summed E-state index contributed by atoms with van der Waals surface area (Å²) in [6, 6.07) is 7.66. The number of aliphatic hydroxyl groups excluding tert-OH is 1. The number of para-hydroxylation sites is 2. The maximum Gasteiger partial charge on any atom is 0.161 e. The number of ether oxygens (including phenoxy) is 2. The normalized spacial score (nSPS) is 25.9. The molecule has 1 aromatic carbocycles. The lowest BCUT2D eigenvalue weighted by Gasteiger charge is -2.38. The van der Waals surface area contributed by atoms with Gasteiger partial charge in [-0.1, -0.05) is 26.0 Å². The van der Waals surface area contributed by atoms with Crippen LogP contribution in [0.15, 0.2) is 24.3 Å². The van der Waals surface area contributed by atoms with Crippen LogP contribution in [0, 0.1) is 5.41 Å². The van der Waals surface area contributed by atoms with Crippen LogP contribution in [0.1, 0.15) is 40.0 Å². The minimum atomic E-state index is -0.386. The van der Waals surface area contributed by atoms with Gasteiger partial charge in [-0.25, -0.2) is 0 Å². The maximum absolute atomic E-state index is 10.1. The molecule has 1 N–H and O–H groups in total. The lowest BCUT2D eigenvalue weighted by atomic mass is 9.75. The van der Waals surface area contributed by atoms with E-state index >= 15 is 0 Å². The molecule has 1 aliphatic rings. The van der Waals surface area contributed by atoms with Gasteiger partial charge in [0.1, 0.15) is 6.10 Å². The lowest BCUT2D eigenvalue weighted by Crippen LogP contribution is -2.41. The molecule has 3 heteroatoms. The largest absolute Gasteiger partial charge is 0.490 e. The highest BCUT2D eigenvalue weighted by molar-refractivity contribution is 5.39. The highest BCUT2D eigenvalue weighted by atomic mass is 16.5. The number of hydrogen-bond donors (Lipinski definition) is 1. The smallest absolute Gasteiger partial charge is 0.161 e. The van der Waals surface area contributed by atoms with Gasteiger partial charge in [-0.15, -0.1) is 0 Å². The molecular weight excluding hydrogens is 240 g/mol. The predicted octanol–water partition coefficient (Wildman–Crippen LogP) is 3.40. The SMILES string of the molecule is CCOc1ccccc1OC1CC(C)(C)CCC1O. The molecule has 2 unspecified atom stereocenters. The van der Waals surface area contributed by atoms with Crippen molar-refractivity contribution in [3.63, 3.8) is 0 Å². The number of benzene rings is 1. The van der Waals surface area contributed by atoms with Crippen LogP contribution in [0.4, 0.5) is 0 Å². The van der Waals surface area contributed by atoms with Crippen molar-refractivity contribution in [3.05, 3.63) is 24.3 Å². The molecule has 0 radical (unpaired) electrons. The van der Waals surface area contributed by atoms with Gasteiger partial charge < -0.3 is 14.6 Å². The van der Waals surface area contributed by atoms with Crippen LogP contribution in [0.2, 0.25) is 0 Å². The summed E-state index contributed by atoms with van der Waals surface area (Å²) in [6.07, 6.45) is 2.18. The molecule has 0 bridgehead atoms. The van der Waals surface area contributed by atoms with Crippen LogP contribution < -0.4 is 9.47 Å². The Morgan fingerprint density at radius 3 is 2.63 bits per heavy atom. The quantitative estimate of drug-likeness (QED) is 0.905. The first-order valence-electron chi connectivity index (χ1n) is 7.08. The fourth-order valence-corrected chi connectivity index (χ4v) is 2.61. The molecule has 0 heterocycles. The Labute approximate surface area is 115 Å². The van der Waals surface area contributed by atoms with Gasteiger partial charge >= 0.3 is 0 Å². The molecule has 0 aromatic heterocycles. The van der Waals surface area contributed by atoms with Gasteiger partial charge in [0.2, 0.25) is 0 Å². The molecule has 2 atom stereocenters. The van der Waals surface area contributed by atoms with E-state index in [9.17, 15) is 5.11 Å². The number of aliphatic hydroxyl groups is 1. The lowest BCUT2D eigenvalue weighted by molar-refractivity contribution is -0.0314. The second kappa shape index (κ2) is 5.83. The Hall–Kier alpha value is -1.22. The first-order chi connectivity index (χ1) is 9.02. The predicted molar refractivity (Wildman–Crippen MR) is 75.7 cm³/mol. The summed E-state index contributed by atoms with van der Waals surface area (Å²) in [5, 5.41) is 10.1. The molecule has 0 saturated heterocycles. The third-order valence-corrected chi connectivity index (χ3v) is 3.73. The van der Waals surface area contributed by atoms with Crippen LogP contribution >= 0.6 is 0 Å². The zero-order chi connectivity index (χ0) is 13.9. The van der Waals surface area contributed by atoms with Crippen molar-refractivity contribution in [1.29, 1.82) is 0 Å². The molecule has 0 amide bonds. The highest BCUT2D eigenvalue weighted by Crippen LogP contribution is 2.38. The Morgan fingerprint density at radius 2 is 1.95 bits per heavy atom. The molecule has 2 rings (SSSR count). The second-order valence-corrected chi connectivity index (χ2v) is 6.01. The molecular formula is C16H24O3. The van der Waals surface area contributed by atoms with Gasteiger partial charge in [-0.2, -0.15) is 0 Å². The van der Waals surface area contributed by atoms with Gasteiger partial charge in [0.25, 0.3) is 0 Å². The standard InChI is InChI=1S/C16H24O3/c1-4-18-13-7-5-6-8-14(13)19-15-11-16(2,3)10-9-12(15)17/h5-8,12,15,17H,4,9-11H2,1-3H3. The van der Waals surface area contributed by atoms with Crippen LogP contribution in [0.25, 0.3) is 0 Å². The van der Waals surface area contributed by atoms with Crippen molar-refractivity contribution < 1.29 is 14.6 Å². The van der Waals surface area contributed by atoms with E-state index in [-0.39, 0.29) is 17.6 Å². The van der Waals surface area contributed by atoms with Gasteiger partial charge in [0, 0.05) is 0 Å². The Bertz CT molecular complexity index is 414. The molecule has 0 spiro atoms. The Morgan fingerprint density at radius 1 is 1.26 bits per heavy atom. The third kappa shape index (κ3) is 3.63. The fraction of sp³-hybridized carbons (Fsp3) is 0.625. The van der Waals surface area contributed by atoms with Crippen molar-refractivity contribution in [1.82, 2.24) is 0 Å². The van der Waals surface area contributed by atoms with E-state index in [1.54, 1.807) is 0 Å². The van der Waals surface area contributed by atoms with Gasteiger partial charge in [0.15, 0.2) is 11.5 Å². The van der Waals surface area contributed by atoms with Crippen molar-refractivity contribution in [2.75, 3.05) is 6.61 Å². The van der Waals surface area contributed by atoms with Crippen molar-refractivity contribution in [3.8, 4) is 11.5 Å². The summed E-state index contributed by atoms with van der Waals surface area (Å²) in [4.78, 5) is 0. The molecule has 106 valence electrons.